The highest BCUT2D eigenvalue weighted by atomic mass is 19.1. The molecule has 4 nitrogen and oxygen atoms in total. The Morgan fingerprint density at radius 2 is 2.19 bits per heavy atom. The summed E-state index contributed by atoms with van der Waals surface area (Å²) in [5.74, 6) is -2.12. The van der Waals surface area contributed by atoms with Gasteiger partial charge >= 0.3 is 0 Å². The van der Waals surface area contributed by atoms with Crippen molar-refractivity contribution in [3.63, 3.8) is 0 Å². The van der Waals surface area contributed by atoms with Crippen molar-refractivity contribution in [3.05, 3.63) is 59.9 Å². The lowest BCUT2D eigenvalue weighted by molar-refractivity contribution is -0.123. The van der Waals surface area contributed by atoms with Crippen LogP contribution in [0.1, 0.15) is 18.5 Å². The van der Waals surface area contributed by atoms with E-state index in [4.69, 9.17) is 4.74 Å². The molecule has 0 bridgehead atoms. The summed E-state index contributed by atoms with van der Waals surface area (Å²) in [6.45, 7) is 1.44. The van der Waals surface area contributed by atoms with E-state index in [9.17, 15) is 13.6 Å². The Morgan fingerprint density at radius 1 is 1.38 bits per heavy atom. The molecule has 1 N–H and O–H groups in total. The largest absolute Gasteiger partial charge is 0.481 e. The molecule has 0 spiro atoms. The molecule has 1 aromatic carbocycles. The SMILES string of the molecule is C[C@@H](NC(=O)COc1ccc(F)cc1F)c1cccnc1. The minimum atomic E-state index is -0.844. The number of carbonyl (C=O) groups excluding carboxylic acids is 1. The number of ether oxygens (including phenoxy) is 1. The van der Waals surface area contributed by atoms with Crippen molar-refractivity contribution in [1.82, 2.24) is 10.3 Å². The van der Waals surface area contributed by atoms with Crippen LogP contribution in [-0.4, -0.2) is 17.5 Å². The second-order valence-corrected chi connectivity index (χ2v) is 4.44. The molecule has 6 heteroatoms. The summed E-state index contributed by atoms with van der Waals surface area (Å²) in [5, 5.41) is 2.70. The molecule has 0 unspecified atom stereocenters. The van der Waals surface area contributed by atoms with Gasteiger partial charge in [-0.3, -0.25) is 9.78 Å². The van der Waals surface area contributed by atoms with Gasteiger partial charge in [0.1, 0.15) is 5.82 Å². The molecule has 1 amide bonds. The Kier molecular flexibility index (Phi) is 4.81. The van der Waals surface area contributed by atoms with Gasteiger partial charge in [0.15, 0.2) is 18.2 Å². The molecule has 0 aliphatic carbocycles. The summed E-state index contributed by atoms with van der Waals surface area (Å²) >= 11 is 0. The van der Waals surface area contributed by atoms with Crippen LogP contribution in [0.5, 0.6) is 5.75 Å². The number of halogens is 2. The van der Waals surface area contributed by atoms with Crippen LogP contribution in [0.4, 0.5) is 8.78 Å². The summed E-state index contributed by atoms with van der Waals surface area (Å²) in [6, 6.07) is 6.26. The number of carbonyl (C=O) groups is 1. The molecule has 1 heterocycles. The summed E-state index contributed by atoms with van der Waals surface area (Å²) in [6.07, 6.45) is 3.28. The van der Waals surface area contributed by atoms with Gasteiger partial charge in [-0.15, -0.1) is 0 Å². The lowest BCUT2D eigenvalue weighted by atomic mass is 10.1. The fraction of sp³-hybridized carbons (Fsp3) is 0.200. The van der Waals surface area contributed by atoms with Crippen LogP contribution in [0.25, 0.3) is 0 Å². The Balaban J connectivity index is 1.87. The van der Waals surface area contributed by atoms with E-state index in [1.54, 1.807) is 25.4 Å². The average Bonchev–Trinajstić information content (AvgIpc) is 2.47. The van der Waals surface area contributed by atoms with Crippen LogP contribution in [0.3, 0.4) is 0 Å². The van der Waals surface area contributed by atoms with Crippen LogP contribution < -0.4 is 10.1 Å². The first-order valence-electron chi connectivity index (χ1n) is 6.33. The lowest BCUT2D eigenvalue weighted by Crippen LogP contribution is -2.31. The van der Waals surface area contributed by atoms with Gasteiger partial charge in [-0.2, -0.15) is 0 Å². The summed E-state index contributed by atoms with van der Waals surface area (Å²) in [5.41, 5.74) is 0.846. The van der Waals surface area contributed by atoms with Crippen molar-refractivity contribution in [1.29, 1.82) is 0 Å². The number of aromatic nitrogens is 1. The molecule has 0 aliphatic rings. The number of hydrogen-bond donors (Lipinski definition) is 1. The lowest BCUT2D eigenvalue weighted by Gasteiger charge is -2.14. The predicted molar refractivity (Wildman–Crippen MR) is 72.6 cm³/mol. The first-order chi connectivity index (χ1) is 10.1. The zero-order valence-corrected chi connectivity index (χ0v) is 11.3. The number of benzene rings is 1. The maximum Gasteiger partial charge on any atom is 0.258 e. The van der Waals surface area contributed by atoms with Crippen molar-refractivity contribution >= 4 is 5.91 Å². The van der Waals surface area contributed by atoms with Gasteiger partial charge in [-0.05, 0) is 30.7 Å². The number of hydrogen-bond acceptors (Lipinski definition) is 3. The van der Waals surface area contributed by atoms with Crippen LogP contribution in [0.15, 0.2) is 42.7 Å². The average molecular weight is 292 g/mol. The van der Waals surface area contributed by atoms with E-state index in [1.807, 2.05) is 6.07 Å². The third kappa shape index (κ3) is 4.24. The van der Waals surface area contributed by atoms with Gasteiger partial charge in [-0.25, -0.2) is 8.78 Å². The third-order valence-corrected chi connectivity index (χ3v) is 2.81. The fourth-order valence-corrected chi connectivity index (χ4v) is 1.73. The molecule has 0 fully saturated rings. The maximum atomic E-state index is 13.3. The maximum absolute atomic E-state index is 13.3. The molecular formula is C15H14F2N2O2. The number of nitrogens with zero attached hydrogens (tertiary/aromatic N) is 1. The van der Waals surface area contributed by atoms with Gasteiger partial charge in [0.05, 0.1) is 6.04 Å². The molecule has 1 aromatic heterocycles. The number of rotatable bonds is 5. The Labute approximate surface area is 120 Å². The first kappa shape index (κ1) is 14.9. The van der Waals surface area contributed by atoms with Crippen molar-refractivity contribution in [2.75, 3.05) is 6.61 Å². The third-order valence-electron chi connectivity index (χ3n) is 2.81. The second kappa shape index (κ2) is 6.78. The van der Waals surface area contributed by atoms with E-state index in [-0.39, 0.29) is 18.4 Å². The Bertz CT molecular complexity index is 620. The van der Waals surface area contributed by atoms with E-state index < -0.39 is 17.5 Å². The monoisotopic (exact) mass is 292 g/mol. The normalized spacial score (nSPS) is 11.8. The van der Waals surface area contributed by atoms with Gasteiger partial charge in [0.25, 0.3) is 5.91 Å². The highest BCUT2D eigenvalue weighted by Crippen LogP contribution is 2.17. The molecule has 0 aliphatic heterocycles. The van der Waals surface area contributed by atoms with E-state index in [2.05, 4.69) is 10.3 Å². The molecule has 2 aromatic rings. The molecule has 2 rings (SSSR count). The first-order valence-corrected chi connectivity index (χ1v) is 6.33. The van der Waals surface area contributed by atoms with Gasteiger partial charge in [-0.1, -0.05) is 6.07 Å². The minimum Gasteiger partial charge on any atom is -0.481 e. The number of amides is 1. The molecule has 1 atom stereocenters. The van der Waals surface area contributed by atoms with Crippen LogP contribution in [0, 0.1) is 11.6 Å². The number of nitrogens with one attached hydrogen (secondary N) is 1. The minimum absolute atomic E-state index is 0.166. The van der Waals surface area contributed by atoms with Crippen molar-refractivity contribution in [2.24, 2.45) is 0 Å². The van der Waals surface area contributed by atoms with E-state index in [0.717, 1.165) is 17.7 Å². The topological polar surface area (TPSA) is 51.2 Å². The van der Waals surface area contributed by atoms with Gasteiger partial charge in [0.2, 0.25) is 0 Å². The van der Waals surface area contributed by atoms with Crippen LogP contribution in [-0.2, 0) is 4.79 Å². The zero-order valence-electron chi connectivity index (χ0n) is 11.3. The summed E-state index contributed by atoms with van der Waals surface area (Å²) in [4.78, 5) is 15.7. The van der Waals surface area contributed by atoms with Crippen molar-refractivity contribution in [3.8, 4) is 5.75 Å². The highest BCUT2D eigenvalue weighted by molar-refractivity contribution is 5.78. The number of pyridine rings is 1. The molecule has 0 saturated heterocycles. The molecule has 0 saturated carbocycles. The second-order valence-electron chi connectivity index (χ2n) is 4.44. The van der Waals surface area contributed by atoms with E-state index in [1.165, 1.54) is 0 Å². The predicted octanol–water partition coefficient (Wildman–Crippen LogP) is 2.62. The van der Waals surface area contributed by atoms with Crippen molar-refractivity contribution < 1.29 is 18.3 Å². The van der Waals surface area contributed by atoms with Crippen LogP contribution >= 0.6 is 0 Å². The van der Waals surface area contributed by atoms with Gasteiger partial charge < -0.3 is 10.1 Å². The molecule has 110 valence electrons. The Morgan fingerprint density at radius 3 is 2.86 bits per heavy atom. The van der Waals surface area contributed by atoms with Crippen molar-refractivity contribution in [2.45, 2.75) is 13.0 Å². The van der Waals surface area contributed by atoms with E-state index in [0.29, 0.717) is 6.07 Å². The quantitative estimate of drug-likeness (QED) is 0.921. The zero-order chi connectivity index (χ0) is 15.2. The Hall–Kier alpha value is -2.50. The standard InChI is InChI=1S/C15H14F2N2O2/c1-10(11-3-2-6-18-8-11)19-15(20)9-21-14-5-4-12(16)7-13(14)17/h2-8,10H,9H2,1H3,(H,19,20)/t10-/m1/s1. The van der Waals surface area contributed by atoms with Gasteiger partial charge in [0, 0.05) is 18.5 Å². The smallest absolute Gasteiger partial charge is 0.258 e. The molecule has 21 heavy (non-hydrogen) atoms. The summed E-state index contributed by atoms with van der Waals surface area (Å²) in [7, 11) is 0. The highest BCUT2D eigenvalue weighted by Gasteiger charge is 2.11. The van der Waals surface area contributed by atoms with Crippen LogP contribution in [0.2, 0.25) is 0 Å². The summed E-state index contributed by atoms with van der Waals surface area (Å²) < 4.78 is 31.1. The van der Waals surface area contributed by atoms with E-state index >= 15 is 0 Å². The fourth-order valence-electron chi connectivity index (χ4n) is 1.73. The molecular weight excluding hydrogens is 278 g/mol. The molecule has 0 radical (unpaired) electrons.